The molecule has 21 heavy (non-hydrogen) atoms. The van der Waals surface area contributed by atoms with E-state index in [-0.39, 0.29) is 23.0 Å². The number of nitrogens with zero attached hydrogens (tertiary/aromatic N) is 1. The largest absolute Gasteiger partial charge is 0.316 e. The summed E-state index contributed by atoms with van der Waals surface area (Å²) in [5, 5.41) is 13.9. The molecule has 1 aromatic rings. The van der Waals surface area contributed by atoms with Gasteiger partial charge in [0.05, 0.1) is 16.4 Å². The number of nitro groups is 1. The summed E-state index contributed by atoms with van der Waals surface area (Å²) in [6, 6.07) is 3.98. The first-order valence-electron chi connectivity index (χ1n) is 6.52. The Hall–Kier alpha value is -1.19. The maximum atomic E-state index is 12.2. The molecular weight excluding hydrogens is 362 g/mol. The molecule has 1 unspecified atom stereocenters. The Balaban J connectivity index is 2.12. The van der Waals surface area contributed by atoms with E-state index >= 15 is 0 Å². The van der Waals surface area contributed by atoms with Crippen molar-refractivity contribution in [1.82, 2.24) is 5.32 Å². The molecule has 1 aromatic carbocycles. The molecule has 0 saturated carbocycles. The highest BCUT2D eigenvalue weighted by Crippen LogP contribution is 2.28. The third-order valence-corrected chi connectivity index (χ3v) is 5.41. The normalized spacial score (nSPS) is 19.2. The average Bonchev–Trinajstić information content (AvgIpc) is 2.41. The first-order chi connectivity index (χ1) is 9.87. The Morgan fingerprint density at radius 2 is 2.24 bits per heavy atom. The van der Waals surface area contributed by atoms with E-state index < -0.39 is 14.9 Å². The lowest BCUT2D eigenvalue weighted by molar-refractivity contribution is -0.384. The molecule has 1 atom stereocenters. The van der Waals surface area contributed by atoms with E-state index in [1.54, 1.807) is 0 Å². The Kier molecular flexibility index (Phi) is 5.17. The maximum Gasteiger partial charge on any atom is 0.271 e. The van der Waals surface area contributed by atoms with E-state index in [0.29, 0.717) is 11.0 Å². The van der Waals surface area contributed by atoms with Crippen molar-refractivity contribution in [1.29, 1.82) is 0 Å². The van der Waals surface area contributed by atoms with Crippen molar-refractivity contribution in [3.63, 3.8) is 0 Å². The minimum Gasteiger partial charge on any atom is -0.316 e. The fraction of sp³-hybridized carbons (Fsp3) is 0.500. The fourth-order valence-electron chi connectivity index (χ4n) is 2.29. The highest BCUT2D eigenvalue weighted by molar-refractivity contribution is 9.10. The van der Waals surface area contributed by atoms with E-state index in [9.17, 15) is 18.5 Å². The Bertz CT molecular complexity index is 629. The van der Waals surface area contributed by atoms with E-state index in [4.69, 9.17) is 0 Å². The summed E-state index contributed by atoms with van der Waals surface area (Å²) in [6.45, 7) is 1.59. The van der Waals surface area contributed by atoms with Crippen LogP contribution in [0.4, 0.5) is 11.4 Å². The van der Waals surface area contributed by atoms with Crippen LogP contribution >= 0.6 is 15.9 Å². The molecule has 7 nitrogen and oxygen atoms in total. The number of benzene rings is 1. The minimum absolute atomic E-state index is 0.00906. The highest BCUT2D eigenvalue weighted by atomic mass is 79.9. The average molecular weight is 378 g/mol. The van der Waals surface area contributed by atoms with Gasteiger partial charge in [0.1, 0.15) is 0 Å². The second kappa shape index (κ2) is 6.71. The summed E-state index contributed by atoms with van der Waals surface area (Å²) >= 11 is 3.20. The van der Waals surface area contributed by atoms with Crippen LogP contribution in [0.15, 0.2) is 22.7 Å². The van der Waals surface area contributed by atoms with Gasteiger partial charge in [-0.2, -0.15) is 0 Å². The van der Waals surface area contributed by atoms with Crippen LogP contribution in [0.25, 0.3) is 0 Å². The second-order valence-electron chi connectivity index (χ2n) is 5.02. The van der Waals surface area contributed by atoms with Crippen LogP contribution < -0.4 is 10.0 Å². The molecule has 0 aromatic heterocycles. The van der Waals surface area contributed by atoms with E-state index in [2.05, 4.69) is 26.0 Å². The van der Waals surface area contributed by atoms with Crippen LogP contribution in [0.3, 0.4) is 0 Å². The molecule has 9 heteroatoms. The smallest absolute Gasteiger partial charge is 0.271 e. The van der Waals surface area contributed by atoms with Gasteiger partial charge in [0.25, 0.3) is 5.69 Å². The summed E-state index contributed by atoms with van der Waals surface area (Å²) < 4.78 is 27.2. The van der Waals surface area contributed by atoms with Gasteiger partial charge in [0.2, 0.25) is 10.0 Å². The summed E-state index contributed by atoms with van der Waals surface area (Å²) in [4.78, 5) is 10.2. The first-order valence-corrected chi connectivity index (χ1v) is 8.97. The van der Waals surface area contributed by atoms with E-state index in [0.717, 1.165) is 19.4 Å². The van der Waals surface area contributed by atoms with Crippen molar-refractivity contribution in [2.45, 2.75) is 12.8 Å². The number of non-ortho nitro benzene ring substituents is 1. The molecule has 1 fully saturated rings. The zero-order valence-electron chi connectivity index (χ0n) is 11.2. The molecule has 0 bridgehead atoms. The van der Waals surface area contributed by atoms with Gasteiger partial charge in [0.15, 0.2) is 0 Å². The van der Waals surface area contributed by atoms with Crippen LogP contribution in [0.1, 0.15) is 12.8 Å². The predicted molar refractivity (Wildman–Crippen MR) is 83.8 cm³/mol. The number of hydrogen-bond acceptors (Lipinski definition) is 5. The lowest BCUT2D eigenvalue weighted by Gasteiger charge is -2.22. The van der Waals surface area contributed by atoms with Crippen molar-refractivity contribution in [3.8, 4) is 0 Å². The van der Waals surface area contributed by atoms with Crippen LogP contribution in [0, 0.1) is 16.0 Å². The fourth-order valence-corrected chi connectivity index (χ4v) is 4.26. The minimum atomic E-state index is -3.54. The van der Waals surface area contributed by atoms with Crippen molar-refractivity contribution in [2.24, 2.45) is 5.92 Å². The first kappa shape index (κ1) is 16.2. The van der Waals surface area contributed by atoms with Gasteiger partial charge < -0.3 is 5.32 Å². The Labute approximate surface area is 131 Å². The van der Waals surface area contributed by atoms with Gasteiger partial charge in [0, 0.05) is 16.6 Å². The number of nitrogens with one attached hydrogen (secondary N) is 2. The second-order valence-corrected chi connectivity index (χ2v) is 7.64. The molecule has 1 heterocycles. The molecule has 2 N–H and O–H groups in total. The SMILES string of the molecule is O=[N+]([O-])c1ccc(Br)c(NS(=O)(=O)CC2CCCNC2)c1. The molecule has 0 aliphatic carbocycles. The third kappa shape index (κ3) is 4.65. The number of sulfonamides is 1. The zero-order valence-corrected chi connectivity index (χ0v) is 13.6. The van der Waals surface area contributed by atoms with Gasteiger partial charge in [-0.05, 0) is 53.8 Å². The summed E-state index contributed by atoms with van der Waals surface area (Å²) in [5.74, 6) is 0.0727. The van der Waals surface area contributed by atoms with Crippen molar-refractivity contribution in [2.75, 3.05) is 23.6 Å². The number of anilines is 1. The molecule has 1 aliphatic heterocycles. The topological polar surface area (TPSA) is 101 Å². The lowest BCUT2D eigenvalue weighted by Crippen LogP contribution is -2.35. The lowest BCUT2D eigenvalue weighted by atomic mass is 10.0. The summed E-state index contributed by atoms with van der Waals surface area (Å²) in [6.07, 6.45) is 1.82. The van der Waals surface area contributed by atoms with Crippen LogP contribution in [-0.2, 0) is 10.0 Å². The molecule has 1 saturated heterocycles. The predicted octanol–water partition coefficient (Wildman–Crippen LogP) is 2.10. The van der Waals surface area contributed by atoms with Crippen molar-refractivity contribution < 1.29 is 13.3 Å². The van der Waals surface area contributed by atoms with E-state index in [1.807, 2.05) is 0 Å². The molecule has 2 rings (SSSR count). The van der Waals surface area contributed by atoms with Gasteiger partial charge in [-0.3, -0.25) is 14.8 Å². The maximum absolute atomic E-state index is 12.2. The van der Waals surface area contributed by atoms with Gasteiger partial charge in [-0.15, -0.1) is 0 Å². The summed E-state index contributed by atoms with van der Waals surface area (Å²) in [7, 11) is -3.54. The highest BCUT2D eigenvalue weighted by Gasteiger charge is 2.22. The monoisotopic (exact) mass is 377 g/mol. The molecule has 1 aliphatic rings. The van der Waals surface area contributed by atoms with Crippen LogP contribution in [0.2, 0.25) is 0 Å². The van der Waals surface area contributed by atoms with Crippen molar-refractivity contribution in [3.05, 3.63) is 32.8 Å². The molecule has 0 amide bonds. The zero-order chi connectivity index (χ0) is 15.5. The molecule has 116 valence electrons. The molecular formula is C12H16BrN3O4S. The van der Waals surface area contributed by atoms with Crippen molar-refractivity contribution >= 4 is 37.3 Å². The summed E-state index contributed by atoms with van der Waals surface area (Å²) in [5.41, 5.74) is 0.0307. The number of nitro benzene ring substituents is 1. The molecule has 0 radical (unpaired) electrons. The quantitative estimate of drug-likeness (QED) is 0.604. The number of piperidine rings is 1. The van der Waals surface area contributed by atoms with Gasteiger partial charge in [-0.1, -0.05) is 0 Å². The number of rotatable bonds is 5. The van der Waals surface area contributed by atoms with Gasteiger partial charge in [-0.25, -0.2) is 8.42 Å². The Morgan fingerprint density at radius 3 is 2.86 bits per heavy atom. The van der Waals surface area contributed by atoms with Gasteiger partial charge >= 0.3 is 0 Å². The number of halogens is 1. The standard InChI is InChI=1S/C12H16BrN3O4S/c13-11-4-3-10(16(17)18)6-12(11)15-21(19,20)8-9-2-1-5-14-7-9/h3-4,6,9,14-15H,1-2,5,7-8H2. The van der Waals surface area contributed by atoms with Crippen LogP contribution in [-0.4, -0.2) is 32.2 Å². The van der Waals surface area contributed by atoms with E-state index in [1.165, 1.54) is 18.2 Å². The van der Waals surface area contributed by atoms with Crippen LogP contribution in [0.5, 0.6) is 0 Å². The molecule has 0 spiro atoms. The number of hydrogen-bond donors (Lipinski definition) is 2. The third-order valence-electron chi connectivity index (χ3n) is 3.28. The Morgan fingerprint density at radius 1 is 1.48 bits per heavy atom.